The fourth-order valence-electron chi connectivity index (χ4n) is 2.05. The highest BCUT2D eigenvalue weighted by molar-refractivity contribution is 7.07. The van der Waals surface area contributed by atoms with Gasteiger partial charge in [0.05, 0.1) is 32.5 Å². The van der Waals surface area contributed by atoms with Crippen LogP contribution in [0, 0.1) is 0 Å². The molecule has 0 amide bonds. The minimum Gasteiger partial charge on any atom is -0.493 e. The van der Waals surface area contributed by atoms with Gasteiger partial charge in [-0.25, -0.2) is 4.98 Å². The normalized spacial score (nSPS) is 12.0. The maximum atomic E-state index is 5.38. The third-order valence-corrected chi connectivity index (χ3v) is 3.90. The number of hydrogen-bond donors (Lipinski definition) is 1. The van der Waals surface area contributed by atoms with E-state index in [4.69, 9.17) is 14.2 Å². The van der Waals surface area contributed by atoms with Crippen molar-refractivity contribution in [1.29, 1.82) is 0 Å². The summed E-state index contributed by atoms with van der Waals surface area (Å²) >= 11 is 1.60. The maximum absolute atomic E-state index is 5.38. The Balaban J connectivity index is 2.18. The van der Waals surface area contributed by atoms with Gasteiger partial charge in [0, 0.05) is 18.0 Å². The van der Waals surface area contributed by atoms with Gasteiger partial charge in [-0.1, -0.05) is 0 Å². The first-order valence-electron chi connectivity index (χ1n) is 6.60. The maximum Gasteiger partial charge on any atom is 0.203 e. The fraction of sp³-hybridized carbons (Fsp3) is 0.400. The molecular formula is C15H20N2O3S. The Labute approximate surface area is 128 Å². The zero-order valence-electron chi connectivity index (χ0n) is 12.7. The zero-order chi connectivity index (χ0) is 15.2. The van der Waals surface area contributed by atoms with Gasteiger partial charge >= 0.3 is 0 Å². The van der Waals surface area contributed by atoms with Crippen molar-refractivity contribution in [1.82, 2.24) is 10.3 Å². The van der Waals surface area contributed by atoms with Crippen LogP contribution in [0.4, 0.5) is 0 Å². The lowest BCUT2D eigenvalue weighted by Gasteiger charge is -2.18. The first-order chi connectivity index (χ1) is 10.2. The van der Waals surface area contributed by atoms with E-state index in [-0.39, 0.29) is 6.04 Å². The van der Waals surface area contributed by atoms with Crippen molar-refractivity contribution < 1.29 is 14.2 Å². The van der Waals surface area contributed by atoms with Crippen LogP contribution in [-0.2, 0) is 6.54 Å². The van der Waals surface area contributed by atoms with Crippen LogP contribution in [0.3, 0.4) is 0 Å². The average Bonchev–Trinajstić information content (AvgIpc) is 3.04. The first kappa shape index (κ1) is 15.6. The van der Waals surface area contributed by atoms with Crippen molar-refractivity contribution >= 4 is 11.3 Å². The van der Waals surface area contributed by atoms with Gasteiger partial charge in [-0.15, -0.1) is 11.3 Å². The van der Waals surface area contributed by atoms with Crippen LogP contribution in [0.15, 0.2) is 23.0 Å². The monoisotopic (exact) mass is 308 g/mol. The largest absolute Gasteiger partial charge is 0.493 e. The second-order valence-corrected chi connectivity index (χ2v) is 5.26. The summed E-state index contributed by atoms with van der Waals surface area (Å²) in [4.78, 5) is 4.26. The van der Waals surface area contributed by atoms with Crippen LogP contribution in [0.25, 0.3) is 0 Å². The summed E-state index contributed by atoms with van der Waals surface area (Å²) < 4.78 is 16.1. The quantitative estimate of drug-likeness (QED) is 0.852. The predicted octanol–water partition coefficient (Wildman–Crippen LogP) is 3.02. The summed E-state index contributed by atoms with van der Waals surface area (Å²) in [6, 6.07) is 4.06. The van der Waals surface area contributed by atoms with E-state index in [9.17, 15) is 0 Å². The Morgan fingerprint density at radius 3 is 2.29 bits per heavy atom. The van der Waals surface area contributed by atoms with Crippen molar-refractivity contribution in [2.24, 2.45) is 0 Å². The van der Waals surface area contributed by atoms with Crippen LogP contribution in [0.1, 0.15) is 24.2 Å². The molecule has 1 N–H and O–H groups in total. The fourth-order valence-corrected chi connectivity index (χ4v) is 2.61. The van der Waals surface area contributed by atoms with E-state index in [0.29, 0.717) is 17.2 Å². The van der Waals surface area contributed by atoms with Gasteiger partial charge < -0.3 is 19.5 Å². The molecule has 0 saturated heterocycles. The number of methoxy groups -OCH3 is 3. The van der Waals surface area contributed by atoms with Crippen LogP contribution in [-0.4, -0.2) is 26.3 Å². The van der Waals surface area contributed by atoms with E-state index in [2.05, 4.69) is 17.2 Å². The summed E-state index contributed by atoms with van der Waals surface area (Å²) in [5.41, 5.74) is 3.94. The van der Waals surface area contributed by atoms with E-state index < -0.39 is 0 Å². The predicted molar refractivity (Wildman–Crippen MR) is 83.5 cm³/mol. The molecule has 0 spiro atoms. The molecule has 0 aliphatic carbocycles. The molecule has 6 heteroatoms. The number of aromatic nitrogens is 1. The standard InChI is InChI=1S/C15H20N2O3S/c1-10(16-7-12-8-21-9-17-12)11-5-13(18-2)15(20-4)14(6-11)19-3/h5-6,8-10,16H,7H2,1-4H3. The lowest BCUT2D eigenvalue weighted by atomic mass is 10.1. The number of rotatable bonds is 7. The molecule has 0 bridgehead atoms. The SMILES string of the molecule is COc1cc(C(C)NCc2cscn2)cc(OC)c1OC. The summed E-state index contributed by atoms with van der Waals surface area (Å²) in [6.45, 7) is 2.81. The van der Waals surface area contributed by atoms with Gasteiger partial charge in [0.25, 0.3) is 0 Å². The Morgan fingerprint density at radius 2 is 1.81 bits per heavy atom. The van der Waals surface area contributed by atoms with E-state index in [1.165, 1.54) is 0 Å². The van der Waals surface area contributed by atoms with Crippen LogP contribution in [0.2, 0.25) is 0 Å². The molecule has 1 aromatic heterocycles. The van der Waals surface area contributed by atoms with E-state index in [0.717, 1.165) is 17.8 Å². The topological polar surface area (TPSA) is 52.6 Å². The molecule has 1 heterocycles. The highest BCUT2D eigenvalue weighted by Gasteiger charge is 2.16. The highest BCUT2D eigenvalue weighted by atomic mass is 32.1. The van der Waals surface area contributed by atoms with Gasteiger partial charge in [0.2, 0.25) is 5.75 Å². The van der Waals surface area contributed by atoms with Gasteiger partial charge in [-0.3, -0.25) is 0 Å². The van der Waals surface area contributed by atoms with E-state index >= 15 is 0 Å². The Bertz CT molecular complexity index is 547. The lowest BCUT2D eigenvalue weighted by molar-refractivity contribution is 0.323. The molecule has 2 aromatic rings. The van der Waals surface area contributed by atoms with Gasteiger partial charge in [-0.05, 0) is 24.6 Å². The third-order valence-electron chi connectivity index (χ3n) is 3.26. The van der Waals surface area contributed by atoms with E-state index in [1.807, 2.05) is 23.0 Å². The number of hydrogen-bond acceptors (Lipinski definition) is 6. The molecule has 2 rings (SSSR count). The van der Waals surface area contributed by atoms with Gasteiger partial charge in [-0.2, -0.15) is 0 Å². The third kappa shape index (κ3) is 3.65. The number of benzene rings is 1. The molecule has 1 unspecified atom stereocenters. The molecule has 0 radical (unpaired) electrons. The molecule has 0 aliphatic rings. The zero-order valence-corrected chi connectivity index (χ0v) is 13.5. The summed E-state index contributed by atoms with van der Waals surface area (Å²) in [7, 11) is 4.84. The molecule has 21 heavy (non-hydrogen) atoms. The van der Waals surface area contributed by atoms with Crippen LogP contribution < -0.4 is 19.5 Å². The molecule has 0 fully saturated rings. The number of ether oxygens (including phenoxy) is 3. The summed E-state index contributed by atoms with van der Waals surface area (Å²) in [6.07, 6.45) is 0. The molecule has 0 aliphatic heterocycles. The second-order valence-electron chi connectivity index (χ2n) is 4.54. The average molecular weight is 308 g/mol. The lowest BCUT2D eigenvalue weighted by Crippen LogP contribution is -2.18. The minimum absolute atomic E-state index is 0.139. The first-order valence-corrected chi connectivity index (χ1v) is 7.54. The molecule has 1 aromatic carbocycles. The van der Waals surface area contributed by atoms with Gasteiger partial charge in [0.1, 0.15) is 0 Å². The Hall–Kier alpha value is -1.79. The Morgan fingerprint density at radius 1 is 1.14 bits per heavy atom. The summed E-state index contributed by atoms with van der Waals surface area (Å²) in [5.74, 6) is 1.93. The molecular weight excluding hydrogens is 288 g/mol. The van der Waals surface area contributed by atoms with Crippen LogP contribution >= 0.6 is 11.3 Å². The van der Waals surface area contributed by atoms with E-state index in [1.54, 1.807) is 32.7 Å². The minimum atomic E-state index is 0.139. The van der Waals surface area contributed by atoms with Crippen molar-refractivity contribution in [3.05, 3.63) is 34.3 Å². The second kappa shape index (κ2) is 7.28. The smallest absolute Gasteiger partial charge is 0.203 e. The van der Waals surface area contributed by atoms with Crippen molar-refractivity contribution in [2.75, 3.05) is 21.3 Å². The van der Waals surface area contributed by atoms with Crippen molar-refractivity contribution in [3.63, 3.8) is 0 Å². The van der Waals surface area contributed by atoms with Gasteiger partial charge in [0.15, 0.2) is 11.5 Å². The Kier molecular flexibility index (Phi) is 5.41. The number of nitrogens with one attached hydrogen (secondary N) is 1. The van der Waals surface area contributed by atoms with Crippen molar-refractivity contribution in [3.8, 4) is 17.2 Å². The van der Waals surface area contributed by atoms with Crippen LogP contribution in [0.5, 0.6) is 17.2 Å². The number of thiazole rings is 1. The molecule has 114 valence electrons. The summed E-state index contributed by atoms with van der Waals surface area (Å²) in [5, 5.41) is 5.47. The molecule has 0 saturated carbocycles. The molecule has 1 atom stereocenters. The number of nitrogens with zero attached hydrogens (tertiary/aromatic N) is 1. The highest BCUT2D eigenvalue weighted by Crippen LogP contribution is 2.39. The van der Waals surface area contributed by atoms with Crippen molar-refractivity contribution in [2.45, 2.75) is 19.5 Å². The molecule has 5 nitrogen and oxygen atoms in total.